The monoisotopic (exact) mass is 260 g/mol. The van der Waals surface area contributed by atoms with E-state index in [1.54, 1.807) is 18.0 Å². The molecule has 19 heavy (non-hydrogen) atoms. The van der Waals surface area contributed by atoms with E-state index in [2.05, 4.69) is 5.10 Å². The number of ether oxygens (including phenoxy) is 1. The van der Waals surface area contributed by atoms with Crippen LogP contribution in [0.2, 0.25) is 0 Å². The zero-order chi connectivity index (χ0) is 13.8. The van der Waals surface area contributed by atoms with Crippen LogP contribution in [0.4, 0.5) is 0 Å². The summed E-state index contributed by atoms with van der Waals surface area (Å²) in [6, 6.07) is 7.72. The highest BCUT2D eigenvalue weighted by atomic mass is 16.5. The number of aromatic nitrogens is 2. The Hall–Kier alpha value is -2.30. The van der Waals surface area contributed by atoms with Gasteiger partial charge in [0.2, 0.25) is 0 Å². The molecule has 5 nitrogen and oxygen atoms in total. The highest BCUT2D eigenvalue weighted by Gasteiger charge is 2.10. The van der Waals surface area contributed by atoms with Crippen LogP contribution in [0.5, 0.6) is 5.75 Å². The van der Waals surface area contributed by atoms with Crippen LogP contribution in [0, 0.1) is 6.92 Å². The standard InChI is InChI=1S/C14H16N2O3/c1-10-13(9-15-16(10)7-6-14(17)18)11-4-3-5-12(8-11)19-2/h3-5,8-9H,6-7H2,1-2H3,(H,17,18). The van der Waals surface area contributed by atoms with Gasteiger partial charge in [-0.3, -0.25) is 9.48 Å². The maximum atomic E-state index is 10.6. The number of carboxylic acid groups (broad SMARTS) is 1. The number of hydrogen-bond acceptors (Lipinski definition) is 3. The van der Waals surface area contributed by atoms with Crippen molar-refractivity contribution < 1.29 is 14.6 Å². The lowest BCUT2D eigenvalue weighted by Crippen LogP contribution is -2.07. The number of methoxy groups -OCH3 is 1. The van der Waals surface area contributed by atoms with Gasteiger partial charge in [-0.25, -0.2) is 0 Å². The van der Waals surface area contributed by atoms with Gasteiger partial charge in [0.1, 0.15) is 5.75 Å². The van der Waals surface area contributed by atoms with Crippen molar-refractivity contribution in [3.8, 4) is 16.9 Å². The SMILES string of the molecule is COc1cccc(-c2cnn(CCC(=O)O)c2C)c1. The molecule has 0 bridgehead atoms. The molecule has 0 amide bonds. The predicted octanol–water partition coefficient (Wildman–Crippen LogP) is 2.34. The number of hydrogen-bond donors (Lipinski definition) is 1. The minimum atomic E-state index is -0.821. The van der Waals surface area contributed by atoms with Crippen LogP contribution in [-0.4, -0.2) is 28.0 Å². The largest absolute Gasteiger partial charge is 0.497 e. The Morgan fingerprint density at radius 3 is 2.95 bits per heavy atom. The molecule has 0 radical (unpaired) electrons. The zero-order valence-electron chi connectivity index (χ0n) is 11.0. The summed E-state index contributed by atoms with van der Waals surface area (Å²) in [6.45, 7) is 2.31. The molecule has 5 heteroatoms. The lowest BCUT2D eigenvalue weighted by Gasteiger charge is -2.05. The number of nitrogens with zero attached hydrogens (tertiary/aromatic N) is 2. The number of benzene rings is 1. The molecular formula is C14H16N2O3. The van der Waals surface area contributed by atoms with E-state index in [1.807, 2.05) is 31.2 Å². The average Bonchev–Trinajstić information content (AvgIpc) is 2.78. The van der Waals surface area contributed by atoms with Crippen molar-refractivity contribution in [3.05, 3.63) is 36.2 Å². The van der Waals surface area contributed by atoms with Gasteiger partial charge < -0.3 is 9.84 Å². The maximum Gasteiger partial charge on any atom is 0.305 e. The van der Waals surface area contributed by atoms with E-state index in [0.717, 1.165) is 22.6 Å². The Kier molecular flexibility index (Phi) is 3.85. The van der Waals surface area contributed by atoms with Gasteiger partial charge in [0.05, 0.1) is 26.3 Å². The van der Waals surface area contributed by atoms with E-state index in [0.29, 0.717) is 6.54 Å². The summed E-state index contributed by atoms with van der Waals surface area (Å²) in [5.41, 5.74) is 2.96. The minimum Gasteiger partial charge on any atom is -0.497 e. The highest BCUT2D eigenvalue weighted by molar-refractivity contribution is 5.68. The highest BCUT2D eigenvalue weighted by Crippen LogP contribution is 2.26. The molecular weight excluding hydrogens is 244 g/mol. The molecule has 2 aromatic rings. The second kappa shape index (κ2) is 5.56. The molecule has 1 aromatic heterocycles. The van der Waals surface area contributed by atoms with E-state index in [-0.39, 0.29) is 6.42 Å². The number of aryl methyl sites for hydroxylation is 1. The lowest BCUT2D eigenvalue weighted by atomic mass is 10.1. The molecule has 0 atom stereocenters. The molecule has 0 saturated carbocycles. The number of carboxylic acids is 1. The second-order valence-electron chi connectivity index (χ2n) is 4.24. The fourth-order valence-corrected chi connectivity index (χ4v) is 1.95. The van der Waals surface area contributed by atoms with Crippen molar-refractivity contribution >= 4 is 5.97 Å². The third-order valence-corrected chi connectivity index (χ3v) is 3.02. The van der Waals surface area contributed by atoms with Crippen molar-refractivity contribution in [2.24, 2.45) is 0 Å². The first-order chi connectivity index (χ1) is 9.11. The van der Waals surface area contributed by atoms with Crippen LogP contribution in [-0.2, 0) is 11.3 Å². The first-order valence-corrected chi connectivity index (χ1v) is 6.00. The van der Waals surface area contributed by atoms with Crippen molar-refractivity contribution in [2.45, 2.75) is 19.9 Å². The molecule has 2 rings (SSSR count). The maximum absolute atomic E-state index is 10.6. The zero-order valence-corrected chi connectivity index (χ0v) is 11.0. The van der Waals surface area contributed by atoms with Gasteiger partial charge >= 0.3 is 5.97 Å². The molecule has 0 unspecified atom stereocenters. The third kappa shape index (κ3) is 2.93. The first kappa shape index (κ1) is 13.1. The second-order valence-corrected chi connectivity index (χ2v) is 4.24. The van der Waals surface area contributed by atoms with Crippen LogP contribution in [0.3, 0.4) is 0 Å². The van der Waals surface area contributed by atoms with Gasteiger partial charge in [0.15, 0.2) is 0 Å². The smallest absolute Gasteiger partial charge is 0.305 e. The fourth-order valence-electron chi connectivity index (χ4n) is 1.95. The average molecular weight is 260 g/mol. The van der Waals surface area contributed by atoms with E-state index < -0.39 is 5.97 Å². The Morgan fingerprint density at radius 2 is 2.26 bits per heavy atom. The molecule has 0 saturated heterocycles. The summed E-state index contributed by atoms with van der Waals surface area (Å²) in [4.78, 5) is 10.6. The third-order valence-electron chi connectivity index (χ3n) is 3.02. The van der Waals surface area contributed by atoms with Gasteiger partial charge in [-0.2, -0.15) is 5.10 Å². The molecule has 0 aliphatic carbocycles. The van der Waals surface area contributed by atoms with E-state index in [1.165, 1.54) is 0 Å². The van der Waals surface area contributed by atoms with Crippen LogP contribution < -0.4 is 4.74 Å². The van der Waals surface area contributed by atoms with Crippen LogP contribution >= 0.6 is 0 Å². The number of rotatable bonds is 5. The van der Waals surface area contributed by atoms with Crippen LogP contribution in [0.1, 0.15) is 12.1 Å². The van der Waals surface area contributed by atoms with E-state index in [4.69, 9.17) is 9.84 Å². The summed E-state index contributed by atoms with van der Waals surface area (Å²) < 4.78 is 6.91. The van der Waals surface area contributed by atoms with Crippen molar-refractivity contribution in [1.29, 1.82) is 0 Å². The molecule has 100 valence electrons. The van der Waals surface area contributed by atoms with Crippen molar-refractivity contribution in [2.75, 3.05) is 7.11 Å². The molecule has 0 aliphatic heterocycles. The summed E-state index contributed by atoms with van der Waals surface area (Å²) in [7, 11) is 1.63. The van der Waals surface area contributed by atoms with Gasteiger partial charge in [-0.05, 0) is 24.6 Å². The summed E-state index contributed by atoms with van der Waals surface area (Å²) in [5.74, 6) is -0.0342. The fraction of sp³-hybridized carbons (Fsp3) is 0.286. The minimum absolute atomic E-state index is 0.0695. The van der Waals surface area contributed by atoms with Gasteiger partial charge in [0.25, 0.3) is 0 Å². The van der Waals surface area contributed by atoms with Crippen molar-refractivity contribution in [1.82, 2.24) is 9.78 Å². The summed E-state index contributed by atoms with van der Waals surface area (Å²) >= 11 is 0. The lowest BCUT2D eigenvalue weighted by molar-refractivity contribution is -0.137. The summed E-state index contributed by atoms with van der Waals surface area (Å²) in [6.07, 6.45) is 1.83. The Morgan fingerprint density at radius 1 is 1.47 bits per heavy atom. The number of carbonyl (C=O) groups is 1. The molecule has 1 aromatic carbocycles. The van der Waals surface area contributed by atoms with Gasteiger partial charge in [-0.1, -0.05) is 12.1 Å². The Labute approximate surface area is 111 Å². The Bertz CT molecular complexity index is 590. The van der Waals surface area contributed by atoms with Gasteiger partial charge in [0, 0.05) is 11.3 Å². The molecule has 0 aliphatic rings. The number of aliphatic carboxylic acids is 1. The normalized spacial score (nSPS) is 10.4. The topological polar surface area (TPSA) is 64.4 Å². The molecule has 1 heterocycles. The quantitative estimate of drug-likeness (QED) is 0.896. The van der Waals surface area contributed by atoms with Gasteiger partial charge in [-0.15, -0.1) is 0 Å². The first-order valence-electron chi connectivity index (χ1n) is 6.00. The molecule has 0 spiro atoms. The molecule has 1 N–H and O–H groups in total. The van der Waals surface area contributed by atoms with E-state index in [9.17, 15) is 4.79 Å². The predicted molar refractivity (Wildman–Crippen MR) is 71.2 cm³/mol. The van der Waals surface area contributed by atoms with Crippen LogP contribution in [0.25, 0.3) is 11.1 Å². The van der Waals surface area contributed by atoms with Crippen molar-refractivity contribution in [3.63, 3.8) is 0 Å². The summed E-state index contributed by atoms with van der Waals surface area (Å²) in [5, 5.41) is 12.9. The Balaban J connectivity index is 2.27. The molecule has 0 fully saturated rings. The van der Waals surface area contributed by atoms with Crippen LogP contribution in [0.15, 0.2) is 30.5 Å². The van der Waals surface area contributed by atoms with E-state index >= 15 is 0 Å².